The van der Waals surface area contributed by atoms with Crippen LogP contribution >= 0.6 is 11.3 Å². The molecule has 5 nitrogen and oxygen atoms in total. The number of thiophene rings is 1. The molecule has 0 unspecified atom stereocenters. The van der Waals surface area contributed by atoms with Gasteiger partial charge in [0.15, 0.2) is 0 Å². The molecular weight excluding hydrogens is 332 g/mol. The first-order valence-electron chi connectivity index (χ1n) is 7.38. The van der Waals surface area contributed by atoms with Gasteiger partial charge >= 0.3 is 0 Å². The quantitative estimate of drug-likeness (QED) is 0.833. The van der Waals surface area contributed by atoms with Gasteiger partial charge in [0.25, 0.3) is 5.91 Å². The van der Waals surface area contributed by atoms with Gasteiger partial charge in [-0.25, -0.2) is 8.42 Å². The maximum atomic E-state index is 12.4. The number of carbonyl (C=O) groups excluding carboxylic acids is 1. The van der Waals surface area contributed by atoms with Crippen LogP contribution in [-0.4, -0.2) is 31.7 Å². The normalized spacial score (nSPS) is 11.6. The van der Waals surface area contributed by atoms with E-state index in [1.54, 1.807) is 37.3 Å². The van der Waals surface area contributed by atoms with Crippen molar-refractivity contribution in [3.8, 4) is 0 Å². The molecule has 124 valence electrons. The number of hydrogen-bond donors (Lipinski definition) is 1. The molecule has 2 rings (SSSR count). The highest BCUT2D eigenvalue weighted by molar-refractivity contribution is 7.89. The van der Waals surface area contributed by atoms with E-state index in [1.807, 2.05) is 16.8 Å². The number of benzene rings is 1. The third kappa shape index (κ3) is 4.19. The topological polar surface area (TPSA) is 66.5 Å². The molecule has 1 heterocycles. The summed E-state index contributed by atoms with van der Waals surface area (Å²) in [6.45, 7) is 4.89. The van der Waals surface area contributed by atoms with E-state index >= 15 is 0 Å². The largest absolute Gasteiger partial charge is 0.348 e. The van der Waals surface area contributed by atoms with Gasteiger partial charge in [-0.2, -0.15) is 15.6 Å². The van der Waals surface area contributed by atoms with Crippen LogP contribution in [0.4, 0.5) is 0 Å². The second kappa shape index (κ2) is 7.72. The predicted molar refractivity (Wildman–Crippen MR) is 92.0 cm³/mol. The number of carbonyl (C=O) groups is 1. The van der Waals surface area contributed by atoms with E-state index < -0.39 is 10.0 Å². The van der Waals surface area contributed by atoms with E-state index in [1.165, 1.54) is 16.4 Å². The van der Waals surface area contributed by atoms with Crippen molar-refractivity contribution in [2.24, 2.45) is 0 Å². The summed E-state index contributed by atoms with van der Waals surface area (Å²) in [5.74, 6) is -0.219. The third-order valence-corrected chi connectivity index (χ3v) is 6.29. The van der Waals surface area contributed by atoms with E-state index in [9.17, 15) is 13.2 Å². The predicted octanol–water partition coefficient (Wildman–Crippen LogP) is 2.71. The fourth-order valence-corrected chi connectivity index (χ4v) is 4.30. The van der Waals surface area contributed by atoms with Crippen molar-refractivity contribution in [1.29, 1.82) is 0 Å². The van der Waals surface area contributed by atoms with Crippen molar-refractivity contribution in [1.82, 2.24) is 9.62 Å². The average Bonchev–Trinajstić information content (AvgIpc) is 3.07. The molecular formula is C16H20N2O3S2. The molecule has 0 radical (unpaired) electrons. The molecule has 0 aliphatic heterocycles. The fraction of sp³-hybridized carbons (Fsp3) is 0.312. The van der Waals surface area contributed by atoms with E-state index in [-0.39, 0.29) is 10.8 Å². The zero-order valence-corrected chi connectivity index (χ0v) is 14.8. The summed E-state index contributed by atoms with van der Waals surface area (Å²) >= 11 is 1.58. The Morgan fingerprint density at radius 3 is 2.30 bits per heavy atom. The Morgan fingerprint density at radius 2 is 1.78 bits per heavy atom. The lowest BCUT2D eigenvalue weighted by Gasteiger charge is -2.18. The van der Waals surface area contributed by atoms with Crippen LogP contribution in [0.5, 0.6) is 0 Å². The molecule has 1 aromatic carbocycles. The third-order valence-electron chi connectivity index (χ3n) is 3.49. The van der Waals surface area contributed by atoms with Crippen molar-refractivity contribution in [2.45, 2.75) is 25.3 Å². The Hall–Kier alpha value is -1.70. The van der Waals surface area contributed by atoms with Crippen molar-refractivity contribution < 1.29 is 13.2 Å². The first-order chi connectivity index (χ1) is 11.0. The van der Waals surface area contributed by atoms with Gasteiger partial charge in [0, 0.05) is 25.2 Å². The number of nitrogens with one attached hydrogen (secondary N) is 1. The molecule has 0 aliphatic carbocycles. The van der Waals surface area contributed by atoms with Crippen LogP contribution in [0.15, 0.2) is 46.0 Å². The Labute approximate surface area is 141 Å². The zero-order chi connectivity index (χ0) is 16.9. The molecule has 1 amide bonds. The van der Waals surface area contributed by atoms with Crippen LogP contribution in [0.25, 0.3) is 0 Å². The van der Waals surface area contributed by atoms with Crippen LogP contribution in [0, 0.1) is 0 Å². The number of rotatable bonds is 7. The van der Waals surface area contributed by atoms with Gasteiger partial charge in [-0.3, -0.25) is 4.79 Å². The van der Waals surface area contributed by atoms with Crippen LogP contribution in [-0.2, 0) is 16.6 Å². The monoisotopic (exact) mass is 352 g/mol. The van der Waals surface area contributed by atoms with Crippen molar-refractivity contribution in [2.75, 3.05) is 13.1 Å². The minimum absolute atomic E-state index is 0.204. The van der Waals surface area contributed by atoms with Crippen LogP contribution < -0.4 is 5.32 Å². The number of hydrogen-bond acceptors (Lipinski definition) is 4. The molecule has 0 saturated carbocycles. The molecule has 0 aliphatic rings. The standard InChI is InChI=1S/C16H20N2O3S2/c1-3-18(4-2)23(20,21)15-7-5-14(6-8-15)16(19)17-11-13-9-10-22-12-13/h5-10,12H,3-4,11H2,1-2H3,(H,17,19). The summed E-state index contributed by atoms with van der Waals surface area (Å²) in [5.41, 5.74) is 1.49. The highest BCUT2D eigenvalue weighted by Crippen LogP contribution is 2.16. The van der Waals surface area contributed by atoms with Crippen LogP contribution in [0.1, 0.15) is 29.8 Å². The minimum Gasteiger partial charge on any atom is -0.348 e. The molecule has 23 heavy (non-hydrogen) atoms. The SMILES string of the molecule is CCN(CC)S(=O)(=O)c1ccc(C(=O)NCc2ccsc2)cc1. The van der Waals surface area contributed by atoms with Crippen LogP contribution in [0.3, 0.4) is 0 Å². The molecule has 1 aromatic heterocycles. The van der Waals surface area contributed by atoms with Gasteiger partial charge in [-0.05, 0) is 46.7 Å². The highest BCUT2D eigenvalue weighted by atomic mass is 32.2. The minimum atomic E-state index is -3.49. The van der Waals surface area contributed by atoms with E-state index in [2.05, 4.69) is 5.32 Å². The summed E-state index contributed by atoms with van der Waals surface area (Å²) in [4.78, 5) is 12.3. The van der Waals surface area contributed by atoms with Gasteiger partial charge in [-0.1, -0.05) is 13.8 Å². The molecule has 1 N–H and O–H groups in total. The lowest BCUT2D eigenvalue weighted by Crippen LogP contribution is -2.30. The lowest BCUT2D eigenvalue weighted by atomic mass is 10.2. The van der Waals surface area contributed by atoms with E-state index in [4.69, 9.17) is 0 Å². The highest BCUT2D eigenvalue weighted by Gasteiger charge is 2.21. The molecule has 7 heteroatoms. The second-order valence-corrected chi connectivity index (χ2v) is 7.65. The van der Waals surface area contributed by atoms with Gasteiger partial charge in [-0.15, -0.1) is 0 Å². The lowest BCUT2D eigenvalue weighted by molar-refractivity contribution is 0.0951. The number of nitrogens with zero attached hydrogens (tertiary/aromatic N) is 1. The summed E-state index contributed by atoms with van der Waals surface area (Å²) in [6.07, 6.45) is 0. The molecule has 0 spiro atoms. The molecule has 0 saturated heterocycles. The van der Waals surface area contributed by atoms with Gasteiger partial charge < -0.3 is 5.32 Å². The molecule has 2 aromatic rings. The Kier molecular flexibility index (Phi) is 5.92. The van der Waals surface area contributed by atoms with Crippen molar-refractivity contribution in [3.63, 3.8) is 0 Å². The van der Waals surface area contributed by atoms with Gasteiger partial charge in [0.2, 0.25) is 10.0 Å². The average molecular weight is 352 g/mol. The molecule has 0 fully saturated rings. The maximum Gasteiger partial charge on any atom is 0.251 e. The van der Waals surface area contributed by atoms with Gasteiger partial charge in [0.1, 0.15) is 0 Å². The smallest absolute Gasteiger partial charge is 0.251 e. The first kappa shape index (κ1) is 17.7. The summed E-state index contributed by atoms with van der Waals surface area (Å²) < 4.78 is 26.2. The Balaban J connectivity index is 2.08. The fourth-order valence-electron chi connectivity index (χ4n) is 2.17. The second-order valence-electron chi connectivity index (χ2n) is 4.93. The zero-order valence-electron chi connectivity index (χ0n) is 13.2. The van der Waals surface area contributed by atoms with E-state index in [0.717, 1.165) is 5.56 Å². The molecule has 0 atom stereocenters. The summed E-state index contributed by atoms with van der Waals surface area (Å²) in [7, 11) is -3.49. The summed E-state index contributed by atoms with van der Waals surface area (Å²) in [6, 6.07) is 7.99. The first-order valence-corrected chi connectivity index (χ1v) is 9.76. The van der Waals surface area contributed by atoms with Crippen LogP contribution in [0.2, 0.25) is 0 Å². The summed E-state index contributed by atoms with van der Waals surface area (Å²) in [5, 5.41) is 6.74. The maximum absolute atomic E-state index is 12.4. The Morgan fingerprint density at radius 1 is 1.13 bits per heavy atom. The number of amides is 1. The number of sulfonamides is 1. The van der Waals surface area contributed by atoms with Gasteiger partial charge in [0.05, 0.1) is 4.90 Å². The van der Waals surface area contributed by atoms with Crippen molar-refractivity contribution >= 4 is 27.3 Å². The Bertz CT molecular complexity index is 734. The molecule has 0 bridgehead atoms. The van der Waals surface area contributed by atoms with Crippen molar-refractivity contribution in [3.05, 3.63) is 52.2 Å². The van der Waals surface area contributed by atoms with E-state index in [0.29, 0.717) is 25.2 Å².